The molecular weight excluding hydrogens is 613 g/mol. The van der Waals surface area contributed by atoms with Crippen LogP contribution in [0.2, 0.25) is 0 Å². The van der Waals surface area contributed by atoms with E-state index in [0.29, 0.717) is 0 Å². The number of rotatable bonds is 4. The van der Waals surface area contributed by atoms with Crippen LogP contribution < -0.4 is 11.5 Å². The fraction of sp³-hybridized carbons (Fsp3) is 0.0909. The molecule has 4 aromatic carbocycles. The fourth-order valence-corrected chi connectivity index (χ4v) is 7.54. The maximum atomic E-state index is 6.16. The highest BCUT2D eigenvalue weighted by molar-refractivity contribution is 5.92. The molecule has 0 unspecified atom stereocenters. The highest BCUT2D eigenvalue weighted by Crippen LogP contribution is 2.38. The second kappa shape index (κ2) is 12.2. The maximum absolute atomic E-state index is 6.16. The van der Waals surface area contributed by atoms with Crippen molar-refractivity contribution in [1.82, 2.24) is 19.9 Å². The molecule has 7 aromatic rings. The van der Waals surface area contributed by atoms with Gasteiger partial charge in [0, 0.05) is 55.7 Å². The standard InChI is InChI=1S/C44H36N6/c45-31-15-11-29(12-16-31)43-37-23-19-33(47-37)41(27-7-3-1-4-8-27)34-20-24-38(48-34)44(30-13-17-32(46)18-14-30)40-26-22-36(50-40)42(28-9-5-2-6-10-28)35-21-25-39(43)49-35/h1-19,22-23,26,47,50H,20-21,24-25,45-46H2. The van der Waals surface area contributed by atoms with E-state index in [1.54, 1.807) is 0 Å². The van der Waals surface area contributed by atoms with Crippen molar-refractivity contribution in [2.75, 3.05) is 11.5 Å². The zero-order chi connectivity index (χ0) is 33.6. The monoisotopic (exact) mass is 648 g/mol. The maximum Gasteiger partial charge on any atom is 0.0510 e. The summed E-state index contributed by atoms with van der Waals surface area (Å²) in [6.07, 6.45) is 3.27. The van der Waals surface area contributed by atoms with Gasteiger partial charge in [0.1, 0.15) is 0 Å². The molecule has 0 saturated heterocycles. The zero-order valence-corrected chi connectivity index (χ0v) is 27.6. The van der Waals surface area contributed by atoms with Gasteiger partial charge in [-0.15, -0.1) is 0 Å². The number of aromatic amines is 2. The summed E-state index contributed by atoms with van der Waals surface area (Å²) in [5, 5.41) is 0. The first kappa shape index (κ1) is 29.7. The fourth-order valence-electron chi connectivity index (χ4n) is 7.54. The van der Waals surface area contributed by atoms with Crippen molar-refractivity contribution in [1.29, 1.82) is 0 Å². The first-order valence-corrected chi connectivity index (χ1v) is 17.2. The molecule has 0 amide bonds. The Bertz CT molecular complexity index is 2350. The van der Waals surface area contributed by atoms with E-state index in [1.807, 2.05) is 24.3 Å². The minimum absolute atomic E-state index is 0.735. The van der Waals surface area contributed by atoms with Crippen LogP contribution in [0.15, 0.2) is 133 Å². The molecule has 50 heavy (non-hydrogen) atoms. The first-order valence-electron chi connectivity index (χ1n) is 17.2. The van der Waals surface area contributed by atoms with Crippen LogP contribution in [-0.4, -0.2) is 19.9 Å². The summed E-state index contributed by atoms with van der Waals surface area (Å²) in [6, 6.07) is 46.2. The predicted molar refractivity (Wildman–Crippen MR) is 206 cm³/mol. The second-order valence-electron chi connectivity index (χ2n) is 13.1. The number of hydrogen-bond acceptors (Lipinski definition) is 4. The topological polar surface area (TPSA) is 109 Å². The van der Waals surface area contributed by atoms with Crippen LogP contribution in [0, 0.1) is 0 Å². The van der Waals surface area contributed by atoms with Gasteiger partial charge in [0.15, 0.2) is 0 Å². The third kappa shape index (κ3) is 5.31. The molecule has 6 heteroatoms. The van der Waals surface area contributed by atoms with E-state index < -0.39 is 0 Å². The lowest BCUT2D eigenvalue weighted by atomic mass is 10.0. The summed E-state index contributed by atoms with van der Waals surface area (Å²) in [4.78, 5) is 18.6. The van der Waals surface area contributed by atoms with Crippen LogP contribution in [-0.2, 0) is 25.7 Å². The van der Waals surface area contributed by atoms with Gasteiger partial charge in [-0.25, -0.2) is 0 Å². The Labute approximate surface area is 290 Å². The Morgan fingerprint density at radius 1 is 0.340 bits per heavy atom. The van der Waals surface area contributed by atoms with Crippen molar-refractivity contribution >= 4 is 33.4 Å². The van der Waals surface area contributed by atoms with E-state index in [4.69, 9.17) is 21.4 Å². The average Bonchev–Trinajstić information content (AvgIpc) is 3.98. The number of H-pyrrole nitrogens is 2. The van der Waals surface area contributed by atoms with Crippen LogP contribution in [0.1, 0.15) is 22.8 Å². The summed E-state index contributed by atoms with van der Waals surface area (Å²) >= 11 is 0. The third-order valence-electron chi connectivity index (χ3n) is 9.86. The highest BCUT2D eigenvalue weighted by atomic mass is 14.8. The number of anilines is 2. The highest BCUT2D eigenvalue weighted by Gasteiger charge is 2.22. The predicted octanol–water partition coefficient (Wildman–Crippen LogP) is 9.72. The summed E-state index contributed by atoms with van der Waals surface area (Å²) in [5.74, 6) is 0. The summed E-state index contributed by atoms with van der Waals surface area (Å²) in [6.45, 7) is 0. The smallest absolute Gasteiger partial charge is 0.0510 e. The van der Waals surface area contributed by atoms with E-state index in [-0.39, 0.29) is 0 Å². The number of nitrogens with two attached hydrogens (primary N) is 2. The van der Waals surface area contributed by atoms with Gasteiger partial charge in [0.05, 0.1) is 22.8 Å². The van der Waals surface area contributed by atoms with Crippen molar-refractivity contribution in [2.24, 2.45) is 0 Å². The minimum atomic E-state index is 0.735. The van der Waals surface area contributed by atoms with E-state index in [0.717, 1.165) is 126 Å². The molecule has 8 bridgehead atoms. The Balaban J connectivity index is 1.46. The molecule has 0 atom stereocenters. The number of benzene rings is 4. The largest absolute Gasteiger partial charge is 0.399 e. The van der Waals surface area contributed by atoms with E-state index in [9.17, 15) is 0 Å². The SMILES string of the molecule is Nc1ccc(-c2c3nc(c(-c4ccccc4)c4ccc([nH]4)c(-c4ccc(N)cc4)c4nc(c(-c5ccccc5)c5ccc2[nH]5)CC4)CC3)cc1. The number of fused-ring (bicyclic) bond motifs is 8. The molecule has 0 radical (unpaired) electrons. The number of nitrogens with one attached hydrogen (secondary N) is 2. The molecule has 242 valence electrons. The second-order valence-corrected chi connectivity index (χ2v) is 13.1. The van der Waals surface area contributed by atoms with Crippen molar-refractivity contribution in [3.63, 3.8) is 0 Å². The lowest BCUT2D eigenvalue weighted by molar-refractivity contribution is 1.03. The van der Waals surface area contributed by atoms with Crippen molar-refractivity contribution in [3.05, 3.63) is 156 Å². The first-order chi connectivity index (χ1) is 24.6. The van der Waals surface area contributed by atoms with Crippen LogP contribution in [0.3, 0.4) is 0 Å². The van der Waals surface area contributed by atoms with Gasteiger partial charge in [0.2, 0.25) is 0 Å². The minimum Gasteiger partial charge on any atom is -0.399 e. The molecule has 9 rings (SSSR count). The molecule has 0 spiro atoms. The Morgan fingerprint density at radius 3 is 0.920 bits per heavy atom. The normalized spacial score (nSPS) is 12.6. The molecule has 0 saturated carbocycles. The van der Waals surface area contributed by atoms with E-state index in [1.165, 1.54) is 0 Å². The number of nitrogens with zero attached hydrogens (tertiary/aromatic N) is 2. The summed E-state index contributed by atoms with van der Waals surface area (Å²) in [7, 11) is 0. The molecule has 0 fully saturated rings. The van der Waals surface area contributed by atoms with Crippen LogP contribution in [0.4, 0.5) is 11.4 Å². The number of nitrogen functional groups attached to an aromatic ring is 2. The molecule has 0 aliphatic carbocycles. The van der Waals surface area contributed by atoms with Gasteiger partial charge < -0.3 is 21.4 Å². The van der Waals surface area contributed by atoms with Gasteiger partial charge in [-0.1, -0.05) is 84.9 Å². The molecule has 2 aliphatic rings. The zero-order valence-electron chi connectivity index (χ0n) is 27.6. The van der Waals surface area contributed by atoms with E-state index in [2.05, 4.69) is 119 Å². The van der Waals surface area contributed by atoms with E-state index >= 15 is 0 Å². The van der Waals surface area contributed by atoms with Gasteiger partial charge in [-0.05, 0) is 96.5 Å². The third-order valence-corrected chi connectivity index (χ3v) is 9.86. The number of hydrogen-bond donors (Lipinski definition) is 4. The number of aromatic nitrogens is 4. The van der Waals surface area contributed by atoms with Gasteiger partial charge >= 0.3 is 0 Å². The van der Waals surface area contributed by atoms with Crippen LogP contribution in [0.25, 0.3) is 66.6 Å². The Hall–Kier alpha value is -6.40. The summed E-state index contributed by atoms with van der Waals surface area (Å²) in [5.41, 5.74) is 30.9. The Kier molecular flexibility index (Phi) is 7.28. The van der Waals surface area contributed by atoms with Crippen molar-refractivity contribution in [2.45, 2.75) is 25.7 Å². The van der Waals surface area contributed by atoms with Crippen molar-refractivity contribution in [3.8, 4) is 44.5 Å². The van der Waals surface area contributed by atoms with Gasteiger partial charge in [-0.3, -0.25) is 9.97 Å². The van der Waals surface area contributed by atoms with Gasteiger partial charge in [-0.2, -0.15) is 0 Å². The van der Waals surface area contributed by atoms with Crippen LogP contribution in [0.5, 0.6) is 0 Å². The quantitative estimate of drug-likeness (QED) is 0.142. The molecule has 6 N–H and O–H groups in total. The summed E-state index contributed by atoms with van der Waals surface area (Å²) < 4.78 is 0. The molecule has 2 aliphatic heterocycles. The average molecular weight is 649 g/mol. The molecule has 3 aromatic heterocycles. The molecule has 5 heterocycles. The lowest BCUT2D eigenvalue weighted by Crippen LogP contribution is -1.90. The van der Waals surface area contributed by atoms with Gasteiger partial charge in [0.25, 0.3) is 0 Å². The van der Waals surface area contributed by atoms with Crippen molar-refractivity contribution < 1.29 is 0 Å². The number of aryl methyl sites for hydroxylation is 4. The molecule has 6 nitrogen and oxygen atoms in total. The lowest BCUT2D eigenvalue weighted by Gasteiger charge is -2.07. The van der Waals surface area contributed by atoms with Crippen LogP contribution >= 0.6 is 0 Å². The molecular formula is C44H36N6. The Morgan fingerprint density at radius 2 is 0.620 bits per heavy atom.